The van der Waals surface area contributed by atoms with Gasteiger partial charge in [0.15, 0.2) is 0 Å². The van der Waals surface area contributed by atoms with E-state index in [1.54, 1.807) is 7.11 Å². The highest BCUT2D eigenvalue weighted by Gasteiger charge is 2.07. The molecule has 3 heteroatoms. The van der Waals surface area contributed by atoms with Gasteiger partial charge in [0.2, 0.25) is 0 Å². The first-order valence-electron chi connectivity index (χ1n) is 5.55. The summed E-state index contributed by atoms with van der Waals surface area (Å²) in [5.74, 6) is 0.477. The van der Waals surface area contributed by atoms with Gasteiger partial charge in [-0.3, -0.25) is 4.79 Å². The number of rotatable bonds is 6. The summed E-state index contributed by atoms with van der Waals surface area (Å²) in [6, 6.07) is 7.61. The minimum Gasteiger partial charge on any atom is -0.426 e. The van der Waals surface area contributed by atoms with Gasteiger partial charge in [0, 0.05) is 20.1 Å². The molecule has 0 amide bonds. The molecule has 0 aliphatic rings. The molecule has 0 heterocycles. The molecule has 0 radical (unpaired) electrons. The Kier molecular flexibility index (Phi) is 5.57. The van der Waals surface area contributed by atoms with Gasteiger partial charge >= 0.3 is 5.97 Å². The Bertz CT molecular complexity index is 334. The van der Waals surface area contributed by atoms with Gasteiger partial charge in [-0.15, -0.1) is 0 Å². The number of aryl methyl sites for hydroxylation is 1. The molecule has 0 saturated heterocycles. The number of methoxy groups -OCH3 is 1. The van der Waals surface area contributed by atoms with Gasteiger partial charge in [-0.1, -0.05) is 25.1 Å². The van der Waals surface area contributed by atoms with E-state index in [0.717, 1.165) is 12.0 Å². The zero-order valence-corrected chi connectivity index (χ0v) is 9.86. The highest BCUT2D eigenvalue weighted by Crippen LogP contribution is 2.18. The molecule has 3 nitrogen and oxygen atoms in total. The van der Waals surface area contributed by atoms with Crippen LogP contribution < -0.4 is 4.74 Å². The zero-order valence-electron chi connectivity index (χ0n) is 9.86. The molecule has 0 N–H and O–H groups in total. The number of carbonyl (C=O) groups is 1. The predicted octanol–water partition coefficient (Wildman–Crippen LogP) is 2.58. The summed E-state index contributed by atoms with van der Waals surface area (Å²) in [5, 5.41) is 0. The van der Waals surface area contributed by atoms with Gasteiger partial charge in [0.1, 0.15) is 5.75 Å². The van der Waals surface area contributed by atoms with Crippen molar-refractivity contribution in [2.24, 2.45) is 0 Å². The van der Waals surface area contributed by atoms with Gasteiger partial charge < -0.3 is 9.47 Å². The smallest absolute Gasteiger partial charge is 0.311 e. The fraction of sp³-hybridized carbons (Fsp3) is 0.462. The van der Waals surface area contributed by atoms with Crippen LogP contribution in [0.3, 0.4) is 0 Å². The van der Waals surface area contributed by atoms with Crippen LogP contribution in [0.1, 0.15) is 25.3 Å². The molecule has 0 aliphatic heterocycles. The zero-order chi connectivity index (χ0) is 11.8. The Morgan fingerprint density at radius 3 is 2.75 bits per heavy atom. The molecule has 0 spiro atoms. The second-order valence-corrected chi connectivity index (χ2v) is 3.53. The van der Waals surface area contributed by atoms with Crippen LogP contribution >= 0.6 is 0 Å². The summed E-state index contributed by atoms with van der Waals surface area (Å²) >= 11 is 0. The van der Waals surface area contributed by atoms with Crippen molar-refractivity contribution in [2.75, 3.05) is 13.7 Å². The Hall–Kier alpha value is -1.35. The van der Waals surface area contributed by atoms with Crippen molar-refractivity contribution >= 4 is 5.97 Å². The molecule has 16 heavy (non-hydrogen) atoms. The molecule has 0 unspecified atom stereocenters. The van der Waals surface area contributed by atoms with Crippen LogP contribution in [-0.4, -0.2) is 19.7 Å². The summed E-state index contributed by atoms with van der Waals surface area (Å²) in [6.07, 6.45) is 1.96. The van der Waals surface area contributed by atoms with Crippen LogP contribution in [0.5, 0.6) is 5.75 Å². The van der Waals surface area contributed by atoms with Gasteiger partial charge in [-0.05, 0) is 24.5 Å². The molecule has 0 saturated carbocycles. The molecule has 1 aromatic carbocycles. The number of benzene rings is 1. The maximum Gasteiger partial charge on any atom is 0.311 e. The third kappa shape index (κ3) is 4.03. The van der Waals surface area contributed by atoms with E-state index in [9.17, 15) is 4.79 Å². The fourth-order valence-electron chi connectivity index (χ4n) is 1.43. The lowest BCUT2D eigenvalue weighted by Crippen LogP contribution is -2.09. The molecule has 0 aliphatic carbocycles. The van der Waals surface area contributed by atoms with Gasteiger partial charge in [0.05, 0.1) is 0 Å². The standard InChI is InChI=1S/C13H18O3/c1-3-11-7-4-5-8-12(11)16-13(14)9-6-10-15-2/h4-5,7-8H,3,6,9-10H2,1-2H3. The molecule has 1 aromatic rings. The average Bonchev–Trinajstić information content (AvgIpc) is 2.30. The average molecular weight is 222 g/mol. The van der Waals surface area contributed by atoms with Crippen LogP contribution in [-0.2, 0) is 16.0 Å². The lowest BCUT2D eigenvalue weighted by Gasteiger charge is -2.08. The quantitative estimate of drug-likeness (QED) is 0.421. The molecule has 1 rings (SSSR count). The summed E-state index contributed by atoms with van der Waals surface area (Å²) < 4.78 is 10.2. The van der Waals surface area contributed by atoms with Gasteiger partial charge in [0.25, 0.3) is 0 Å². The number of ether oxygens (including phenoxy) is 2. The lowest BCUT2D eigenvalue weighted by atomic mass is 10.1. The van der Waals surface area contributed by atoms with Crippen molar-refractivity contribution in [2.45, 2.75) is 26.2 Å². The van der Waals surface area contributed by atoms with Gasteiger partial charge in [-0.2, -0.15) is 0 Å². The third-order valence-corrected chi connectivity index (χ3v) is 2.31. The second kappa shape index (κ2) is 7.01. The van der Waals surface area contributed by atoms with Gasteiger partial charge in [-0.25, -0.2) is 0 Å². The van der Waals surface area contributed by atoms with Crippen molar-refractivity contribution in [3.05, 3.63) is 29.8 Å². The Morgan fingerprint density at radius 1 is 1.31 bits per heavy atom. The largest absolute Gasteiger partial charge is 0.426 e. The molecule has 88 valence electrons. The Morgan fingerprint density at radius 2 is 2.06 bits per heavy atom. The van der Waals surface area contributed by atoms with E-state index in [0.29, 0.717) is 25.2 Å². The molecule has 0 aromatic heterocycles. The van der Waals surface area contributed by atoms with Crippen molar-refractivity contribution in [1.29, 1.82) is 0 Å². The van der Waals surface area contributed by atoms with E-state index in [4.69, 9.17) is 9.47 Å². The number of hydrogen-bond acceptors (Lipinski definition) is 3. The van der Waals surface area contributed by atoms with E-state index >= 15 is 0 Å². The van der Waals surface area contributed by atoms with Crippen molar-refractivity contribution in [1.82, 2.24) is 0 Å². The van der Waals surface area contributed by atoms with Crippen LogP contribution in [0, 0.1) is 0 Å². The van der Waals surface area contributed by atoms with E-state index < -0.39 is 0 Å². The van der Waals surface area contributed by atoms with E-state index in [2.05, 4.69) is 0 Å². The maximum atomic E-state index is 11.5. The van der Waals surface area contributed by atoms with Crippen LogP contribution in [0.4, 0.5) is 0 Å². The maximum absolute atomic E-state index is 11.5. The predicted molar refractivity (Wildman–Crippen MR) is 62.6 cm³/mol. The minimum absolute atomic E-state index is 0.196. The summed E-state index contributed by atoms with van der Waals surface area (Å²) in [7, 11) is 1.62. The first kappa shape index (κ1) is 12.7. The Balaban J connectivity index is 2.49. The third-order valence-electron chi connectivity index (χ3n) is 2.31. The number of esters is 1. The topological polar surface area (TPSA) is 35.5 Å². The highest BCUT2D eigenvalue weighted by molar-refractivity contribution is 5.72. The minimum atomic E-state index is -0.196. The summed E-state index contributed by atoms with van der Waals surface area (Å²) in [6.45, 7) is 2.63. The highest BCUT2D eigenvalue weighted by atomic mass is 16.5. The SMILES string of the molecule is CCc1ccccc1OC(=O)CCCOC. The van der Waals surface area contributed by atoms with E-state index in [1.165, 1.54) is 0 Å². The Labute approximate surface area is 96.4 Å². The number of carbonyl (C=O) groups excluding carboxylic acids is 1. The molecular weight excluding hydrogens is 204 g/mol. The van der Waals surface area contributed by atoms with Crippen LogP contribution in [0.25, 0.3) is 0 Å². The van der Waals surface area contributed by atoms with Crippen molar-refractivity contribution in [3.63, 3.8) is 0 Å². The van der Waals surface area contributed by atoms with E-state index in [-0.39, 0.29) is 5.97 Å². The fourth-order valence-corrected chi connectivity index (χ4v) is 1.43. The number of para-hydroxylation sites is 1. The normalized spacial score (nSPS) is 10.1. The first-order chi connectivity index (χ1) is 7.77. The lowest BCUT2D eigenvalue weighted by molar-refractivity contribution is -0.134. The second-order valence-electron chi connectivity index (χ2n) is 3.53. The molecule has 0 atom stereocenters. The van der Waals surface area contributed by atoms with Crippen molar-refractivity contribution in [3.8, 4) is 5.75 Å². The summed E-state index contributed by atoms with van der Waals surface area (Å²) in [5.41, 5.74) is 1.06. The van der Waals surface area contributed by atoms with E-state index in [1.807, 2.05) is 31.2 Å². The number of hydrogen-bond donors (Lipinski definition) is 0. The molecule has 0 fully saturated rings. The molecular formula is C13H18O3. The first-order valence-corrected chi connectivity index (χ1v) is 5.55. The van der Waals surface area contributed by atoms with Crippen LogP contribution in [0.15, 0.2) is 24.3 Å². The summed E-state index contributed by atoms with van der Waals surface area (Å²) in [4.78, 5) is 11.5. The monoisotopic (exact) mass is 222 g/mol. The van der Waals surface area contributed by atoms with Crippen LogP contribution in [0.2, 0.25) is 0 Å². The van der Waals surface area contributed by atoms with Crippen molar-refractivity contribution < 1.29 is 14.3 Å². The molecule has 0 bridgehead atoms.